The van der Waals surface area contributed by atoms with E-state index in [9.17, 15) is 9.59 Å². The Labute approximate surface area is 144 Å². The van der Waals surface area contributed by atoms with Crippen molar-refractivity contribution >= 4 is 34.8 Å². The van der Waals surface area contributed by atoms with Crippen molar-refractivity contribution < 1.29 is 14.0 Å². The second kappa shape index (κ2) is 8.31. The van der Waals surface area contributed by atoms with Crippen molar-refractivity contribution in [2.75, 3.05) is 5.32 Å². The monoisotopic (exact) mass is 347 g/mol. The molecule has 0 bridgehead atoms. The van der Waals surface area contributed by atoms with Gasteiger partial charge in [0, 0.05) is 23.6 Å². The summed E-state index contributed by atoms with van der Waals surface area (Å²) in [5, 5.41) is 7.24. The van der Waals surface area contributed by atoms with E-state index in [4.69, 9.17) is 16.0 Å². The third-order valence-electron chi connectivity index (χ3n) is 3.35. The number of carbonyl (C=O) groups excluding carboxylic acids is 2. The number of hydrazone groups is 1. The Bertz CT molecular complexity index is 754. The number of nitrogens with one attached hydrogen (secondary N) is 2. The molecule has 6 nitrogen and oxygen atoms in total. The highest BCUT2D eigenvalue weighted by atomic mass is 35.5. The summed E-state index contributed by atoms with van der Waals surface area (Å²) in [6.07, 6.45) is 1.60. The van der Waals surface area contributed by atoms with E-state index in [0.717, 1.165) is 5.56 Å². The predicted molar refractivity (Wildman–Crippen MR) is 93.1 cm³/mol. The number of anilines is 1. The van der Waals surface area contributed by atoms with Gasteiger partial charge < -0.3 is 9.73 Å². The van der Waals surface area contributed by atoms with Gasteiger partial charge in [0.05, 0.1) is 6.26 Å². The van der Waals surface area contributed by atoms with Gasteiger partial charge in [-0.3, -0.25) is 9.59 Å². The van der Waals surface area contributed by atoms with Crippen molar-refractivity contribution in [3.8, 4) is 0 Å². The Kier molecular flexibility index (Phi) is 6.14. The summed E-state index contributed by atoms with van der Waals surface area (Å²) in [4.78, 5) is 23.7. The molecule has 2 N–H and O–H groups in total. The molecule has 126 valence electrons. The van der Waals surface area contributed by atoms with E-state index in [2.05, 4.69) is 15.8 Å². The van der Waals surface area contributed by atoms with Crippen LogP contribution in [0.2, 0.25) is 5.02 Å². The molecule has 0 atom stereocenters. The SMILES string of the molecule is C/C(=N\NC(=O)CCC(=O)Nc1cccc(Cl)c1C)c1ccco1. The molecule has 2 aromatic rings. The zero-order chi connectivity index (χ0) is 17.5. The largest absolute Gasteiger partial charge is 0.463 e. The van der Waals surface area contributed by atoms with Crippen LogP contribution in [0.1, 0.15) is 31.1 Å². The molecule has 2 rings (SSSR count). The average molecular weight is 348 g/mol. The quantitative estimate of drug-likeness (QED) is 0.619. The maximum atomic E-state index is 11.9. The molecule has 0 radical (unpaired) electrons. The van der Waals surface area contributed by atoms with Gasteiger partial charge in [0.1, 0.15) is 11.5 Å². The van der Waals surface area contributed by atoms with Crippen LogP contribution >= 0.6 is 11.6 Å². The molecule has 0 aliphatic rings. The van der Waals surface area contributed by atoms with E-state index >= 15 is 0 Å². The van der Waals surface area contributed by atoms with Crippen molar-refractivity contribution in [3.05, 3.63) is 52.9 Å². The van der Waals surface area contributed by atoms with Crippen LogP contribution < -0.4 is 10.7 Å². The first-order valence-corrected chi connectivity index (χ1v) is 7.77. The normalized spacial score (nSPS) is 11.2. The van der Waals surface area contributed by atoms with Gasteiger partial charge in [-0.1, -0.05) is 17.7 Å². The fourth-order valence-corrected chi connectivity index (χ4v) is 2.10. The standard InChI is InChI=1S/C17H18ClN3O3/c1-11-13(18)5-3-6-14(11)19-16(22)8-9-17(23)21-20-12(2)15-7-4-10-24-15/h3-7,10H,8-9H2,1-2H3,(H,19,22)(H,21,23)/b20-12+. The summed E-state index contributed by atoms with van der Waals surface area (Å²) in [5.74, 6) is -0.0365. The van der Waals surface area contributed by atoms with Crippen LogP contribution in [-0.4, -0.2) is 17.5 Å². The number of rotatable bonds is 6. The Hall–Kier alpha value is -2.60. The number of hydrogen-bond acceptors (Lipinski definition) is 4. The summed E-state index contributed by atoms with van der Waals surface area (Å²) in [7, 11) is 0. The number of furan rings is 1. The van der Waals surface area contributed by atoms with Crippen LogP contribution in [0.15, 0.2) is 46.1 Å². The molecular formula is C17H18ClN3O3. The number of benzene rings is 1. The van der Waals surface area contributed by atoms with Crippen LogP contribution in [0.25, 0.3) is 0 Å². The van der Waals surface area contributed by atoms with E-state index in [0.29, 0.717) is 22.2 Å². The van der Waals surface area contributed by atoms with E-state index in [1.807, 2.05) is 6.92 Å². The Balaban J connectivity index is 1.80. The van der Waals surface area contributed by atoms with E-state index in [-0.39, 0.29) is 24.7 Å². The van der Waals surface area contributed by atoms with Gasteiger partial charge in [0.2, 0.25) is 11.8 Å². The lowest BCUT2D eigenvalue weighted by Crippen LogP contribution is -2.21. The maximum absolute atomic E-state index is 11.9. The summed E-state index contributed by atoms with van der Waals surface area (Å²) < 4.78 is 5.16. The number of nitrogens with zero attached hydrogens (tertiary/aromatic N) is 1. The van der Waals surface area contributed by atoms with Gasteiger partial charge in [0.15, 0.2) is 0 Å². The summed E-state index contributed by atoms with van der Waals surface area (Å²) in [6, 6.07) is 8.74. The minimum atomic E-state index is -0.348. The molecule has 0 spiro atoms. The fraction of sp³-hybridized carbons (Fsp3) is 0.235. The number of amides is 2. The van der Waals surface area contributed by atoms with Crippen LogP contribution in [0.3, 0.4) is 0 Å². The molecule has 0 saturated heterocycles. The molecule has 1 heterocycles. The third-order valence-corrected chi connectivity index (χ3v) is 3.76. The van der Waals surface area contributed by atoms with E-state index < -0.39 is 0 Å². The highest BCUT2D eigenvalue weighted by Gasteiger charge is 2.09. The van der Waals surface area contributed by atoms with Gasteiger partial charge in [-0.2, -0.15) is 5.10 Å². The fourth-order valence-electron chi connectivity index (χ4n) is 1.92. The maximum Gasteiger partial charge on any atom is 0.240 e. The van der Waals surface area contributed by atoms with Crippen LogP contribution in [0.4, 0.5) is 5.69 Å². The zero-order valence-electron chi connectivity index (χ0n) is 13.4. The summed E-state index contributed by atoms with van der Waals surface area (Å²) >= 11 is 6.00. The minimum Gasteiger partial charge on any atom is -0.463 e. The average Bonchev–Trinajstić information content (AvgIpc) is 3.09. The van der Waals surface area contributed by atoms with Gasteiger partial charge in [-0.25, -0.2) is 5.43 Å². The zero-order valence-corrected chi connectivity index (χ0v) is 14.2. The topological polar surface area (TPSA) is 83.7 Å². The summed E-state index contributed by atoms with van der Waals surface area (Å²) in [5.41, 5.74) is 4.37. The van der Waals surface area contributed by atoms with Crippen molar-refractivity contribution in [1.29, 1.82) is 0 Å². The minimum absolute atomic E-state index is 0.0282. The van der Waals surface area contributed by atoms with Gasteiger partial charge in [-0.05, 0) is 43.7 Å². The number of hydrogen-bond donors (Lipinski definition) is 2. The van der Waals surface area contributed by atoms with Gasteiger partial charge in [0.25, 0.3) is 0 Å². The van der Waals surface area contributed by atoms with Crippen molar-refractivity contribution in [1.82, 2.24) is 5.43 Å². The molecule has 0 unspecified atom stereocenters. The Morgan fingerprint density at radius 2 is 1.92 bits per heavy atom. The Morgan fingerprint density at radius 3 is 2.62 bits per heavy atom. The van der Waals surface area contributed by atoms with E-state index in [1.165, 1.54) is 6.26 Å². The smallest absolute Gasteiger partial charge is 0.240 e. The molecule has 0 aliphatic heterocycles. The third kappa shape index (κ3) is 4.96. The highest BCUT2D eigenvalue weighted by Crippen LogP contribution is 2.23. The first-order chi connectivity index (χ1) is 11.5. The second-order valence-corrected chi connectivity index (χ2v) is 5.58. The van der Waals surface area contributed by atoms with Crippen LogP contribution in [0, 0.1) is 6.92 Å². The molecule has 7 heteroatoms. The second-order valence-electron chi connectivity index (χ2n) is 5.17. The first kappa shape index (κ1) is 17.7. The first-order valence-electron chi connectivity index (χ1n) is 7.39. The van der Waals surface area contributed by atoms with E-state index in [1.54, 1.807) is 37.3 Å². The molecule has 2 amide bonds. The lowest BCUT2D eigenvalue weighted by molar-refractivity contribution is -0.124. The van der Waals surface area contributed by atoms with Crippen molar-refractivity contribution in [2.45, 2.75) is 26.7 Å². The molecule has 0 fully saturated rings. The Morgan fingerprint density at radius 1 is 1.17 bits per heavy atom. The summed E-state index contributed by atoms with van der Waals surface area (Å²) in [6.45, 7) is 3.53. The van der Waals surface area contributed by atoms with Crippen molar-refractivity contribution in [2.24, 2.45) is 5.10 Å². The molecule has 1 aromatic heterocycles. The molecular weight excluding hydrogens is 330 g/mol. The lowest BCUT2D eigenvalue weighted by atomic mass is 10.2. The molecule has 0 saturated carbocycles. The number of halogens is 1. The van der Waals surface area contributed by atoms with Gasteiger partial charge >= 0.3 is 0 Å². The van der Waals surface area contributed by atoms with Crippen LogP contribution in [-0.2, 0) is 9.59 Å². The highest BCUT2D eigenvalue weighted by molar-refractivity contribution is 6.31. The lowest BCUT2D eigenvalue weighted by Gasteiger charge is -2.09. The predicted octanol–water partition coefficient (Wildman–Crippen LogP) is 3.50. The molecule has 0 aliphatic carbocycles. The van der Waals surface area contributed by atoms with Crippen molar-refractivity contribution in [3.63, 3.8) is 0 Å². The number of carbonyl (C=O) groups is 2. The molecule has 24 heavy (non-hydrogen) atoms. The molecule has 1 aromatic carbocycles. The van der Waals surface area contributed by atoms with Crippen LogP contribution in [0.5, 0.6) is 0 Å². The van der Waals surface area contributed by atoms with Gasteiger partial charge in [-0.15, -0.1) is 0 Å².